The van der Waals surface area contributed by atoms with Crippen molar-refractivity contribution in [1.82, 2.24) is 4.90 Å². The molecule has 15 heavy (non-hydrogen) atoms. The Morgan fingerprint density at radius 2 is 1.93 bits per heavy atom. The fraction of sp³-hybridized carbons (Fsp3) is 0.583. The van der Waals surface area contributed by atoms with Crippen LogP contribution in [0.5, 0.6) is 0 Å². The van der Waals surface area contributed by atoms with Crippen LogP contribution in [0.4, 0.5) is 0 Å². The molecule has 0 atom stereocenters. The minimum Gasteiger partial charge on any atom is -0.480 e. The fourth-order valence-corrected chi connectivity index (χ4v) is 1.41. The second-order valence-electron chi connectivity index (χ2n) is 3.56. The first kappa shape index (κ1) is 13.9. The third-order valence-electron chi connectivity index (χ3n) is 2.13. The lowest BCUT2D eigenvalue weighted by Gasteiger charge is -2.17. The highest BCUT2D eigenvalue weighted by molar-refractivity contribution is 5.69. The van der Waals surface area contributed by atoms with Gasteiger partial charge in [-0.2, -0.15) is 0 Å². The van der Waals surface area contributed by atoms with Crippen molar-refractivity contribution in [1.29, 1.82) is 0 Å². The molecule has 0 aliphatic rings. The Balaban J connectivity index is 3.60. The summed E-state index contributed by atoms with van der Waals surface area (Å²) in [6.07, 6.45) is 8.00. The molecule has 0 saturated heterocycles. The summed E-state index contributed by atoms with van der Waals surface area (Å²) in [5, 5.41) is 8.66. The molecule has 0 aromatic carbocycles. The molecule has 1 N–H and O–H groups in total. The molecule has 86 valence electrons. The van der Waals surface area contributed by atoms with E-state index in [1.54, 1.807) is 6.08 Å². The van der Waals surface area contributed by atoms with Crippen LogP contribution >= 0.6 is 0 Å². The van der Waals surface area contributed by atoms with Crippen LogP contribution in [0.15, 0.2) is 25.3 Å². The summed E-state index contributed by atoms with van der Waals surface area (Å²) < 4.78 is 0. The predicted molar refractivity (Wildman–Crippen MR) is 62.9 cm³/mol. The second-order valence-corrected chi connectivity index (χ2v) is 3.56. The molecule has 0 amide bonds. The van der Waals surface area contributed by atoms with Gasteiger partial charge >= 0.3 is 5.97 Å². The van der Waals surface area contributed by atoms with Gasteiger partial charge in [0.2, 0.25) is 0 Å². The molecule has 0 radical (unpaired) electrons. The Kier molecular flexibility index (Phi) is 8.78. The van der Waals surface area contributed by atoms with Crippen LogP contribution in [0.2, 0.25) is 0 Å². The summed E-state index contributed by atoms with van der Waals surface area (Å²) in [5.74, 6) is -0.775. The molecular formula is C12H21NO2. The van der Waals surface area contributed by atoms with E-state index in [2.05, 4.69) is 13.2 Å². The van der Waals surface area contributed by atoms with Crippen LogP contribution in [-0.4, -0.2) is 35.6 Å². The first-order valence-corrected chi connectivity index (χ1v) is 5.36. The monoisotopic (exact) mass is 211 g/mol. The van der Waals surface area contributed by atoms with Crippen molar-refractivity contribution in [2.75, 3.05) is 19.6 Å². The van der Waals surface area contributed by atoms with Gasteiger partial charge in [-0.15, -0.1) is 13.2 Å². The van der Waals surface area contributed by atoms with Gasteiger partial charge < -0.3 is 5.11 Å². The van der Waals surface area contributed by atoms with Gasteiger partial charge in [-0.1, -0.05) is 18.6 Å². The molecule has 0 aromatic heterocycles. The van der Waals surface area contributed by atoms with E-state index in [4.69, 9.17) is 5.11 Å². The van der Waals surface area contributed by atoms with Crippen molar-refractivity contribution in [3.05, 3.63) is 25.3 Å². The maximum atomic E-state index is 10.5. The first-order valence-electron chi connectivity index (χ1n) is 5.36. The van der Waals surface area contributed by atoms with Gasteiger partial charge in [0.05, 0.1) is 6.54 Å². The van der Waals surface area contributed by atoms with E-state index in [0.717, 1.165) is 32.2 Å². The molecule has 0 aromatic rings. The predicted octanol–water partition coefficient (Wildman–Crippen LogP) is 2.31. The maximum absolute atomic E-state index is 10.5. The molecule has 0 aliphatic carbocycles. The second kappa shape index (κ2) is 9.46. The summed E-state index contributed by atoms with van der Waals surface area (Å²) in [6, 6.07) is 0. The third kappa shape index (κ3) is 9.22. The number of unbranched alkanes of at least 4 members (excludes halogenated alkanes) is 3. The summed E-state index contributed by atoms with van der Waals surface area (Å²) in [4.78, 5) is 12.4. The van der Waals surface area contributed by atoms with Crippen LogP contribution < -0.4 is 0 Å². The Hall–Kier alpha value is -1.09. The van der Waals surface area contributed by atoms with Crippen molar-refractivity contribution in [3.63, 3.8) is 0 Å². The van der Waals surface area contributed by atoms with Crippen LogP contribution in [0.1, 0.15) is 25.7 Å². The molecule has 0 spiro atoms. The molecule has 0 saturated carbocycles. The smallest absolute Gasteiger partial charge is 0.317 e. The highest BCUT2D eigenvalue weighted by Crippen LogP contribution is 2.02. The minimum absolute atomic E-state index is 0.105. The van der Waals surface area contributed by atoms with Gasteiger partial charge in [-0.3, -0.25) is 9.69 Å². The summed E-state index contributed by atoms with van der Waals surface area (Å²) >= 11 is 0. The Morgan fingerprint density at radius 3 is 2.47 bits per heavy atom. The van der Waals surface area contributed by atoms with Crippen molar-refractivity contribution in [2.45, 2.75) is 25.7 Å². The van der Waals surface area contributed by atoms with E-state index in [1.165, 1.54) is 0 Å². The average Bonchev–Trinajstić information content (AvgIpc) is 2.17. The fourth-order valence-electron chi connectivity index (χ4n) is 1.41. The standard InChI is InChI=1S/C12H21NO2/c1-3-5-6-7-8-10-13(9-4-2)11-12(14)15/h3-4H,1-2,5-11H2,(H,14,15). The van der Waals surface area contributed by atoms with Crippen molar-refractivity contribution >= 4 is 5.97 Å². The van der Waals surface area contributed by atoms with Gasteiger partial charge in [0, 0.05) is 6.54 Å². The molecule has 0 aliphatic heterocycles. The topological polar surface area (TPSA) is 40.5 Å². The van der Waals surface area contributed by atoms with Gasteiger partial charge in [-0.05, 0) is 25.8 Å². The van der Waals surface area contributed by atoms with Crippen LogP contribution in [-0.2, 0) is 4.79 Å². The first-order chi connectivity index (χ1) is 7.20. The third-order valence-corrected chi connectivity index (χ3v) is 2.13. The molecule has 0 heterocycles. The Labute approximate surface area is 92.1 Å². The summed E-state index contributed by atoms with van der Waals surface area (Å²) in [5.41, 5.74) is 0. The van der Waals surface area contributed by atoms with Crippen molar-refractivity contribution < 1.29 is 9.90 Å². The molecule has 0 bridgehead atoms. The number of hydrogen-bond acceptors (Lipinski definition) is 2. The minimum atomic E-state index is -0.775. The highest BCUT2D eigenvalue weighted by Gasteiger charge is 2.06. The van der Waals surface area contributed by atoms with Gasteiger partial charge in [0.1, 0.15) is 0 Å². The van der Waals surface area contributed by atoms with Gasteiger partial charge in [0.15, 0.2) is 0 Å². The molecule has 0 unspecified atom stereocenters. The van der Waals surface area contributed by atoms with Gasteiger partial charge in [-0.25, -0.2) is 0 Å². The zero-order valence-electron chi connectivity index (χ0n) is 9.32. The maximum Gasteiger partial charge on any atom is 0.317 e. The van der Waals surface area contributed by atoms with Crippen LogP contribution in [0.3, 0.4) is 0 Å². The molecule has 0 fully saturated rings. The van der Waals surface area contributed by atoms with Crippen molar-refractivity contribution in [3.8, 4) is 0 Å². The largest absolute Gasteiger partial charge is 0.480 e. The number of allylic oxidation sites excluding steroid dienone is 1. The number of rotatable bonds is 10. The normalized spacial score (nSPS) is 10.2. The van der Waals surface area contributed by atoms with Crippen LogP contribution in [0, 0.1) is 0 Å². The Bertz CT molecular complexity index is 202. The van der Waals surface area contributed by atoms with E-state index >= 15 is 0 Å². The average molecular weight is 211 g/mol. The lowest BCUT2D eigenvalue weighted by molar-refractivity contribution is -0.138. The SMILES string of the molecule is C=CCCCCCN(CC=C)CC(=O)O. The number of carboxylic acid groups (broad SMARTS) is 1. The summed E-state index contributed by atoms with van der Waals surface area (Å²) in [6.45, 7) is 8.86. The van der Waals surface area contributed by atoms with E-state index in [1.807, 2.05) is 11.0 Å². The number of nitrogens with zero attached hydrogens (tertiary/aromatic N) is 1. The van der Waals surface area contributed by atoms with E-state index < -0.39 is 5.97 Å². The molecule has 0 rings (SSSR count). The van der Waals surface area contributed by atoms with Crippen molar-refractivity contribution in [2.24, 2.45) is 0 Å². The quantitative estimate of drug-likeness (QED) is 0.445. The van der Waals surface area contributed by atoms with E-state index in [-0.39, 0.29) is 6.54 Å². The molecule has 3 heteroatoms. The number of carboxylic acids is 1. The number of carbonyl (C=O) groups is 1. The molecule has 3 nitrogen and oxygen atoms in total. The summed E-state index contributed by atoms with van der Waals surface area (Å²) in [7, 11) is 0. The van der Waals surface area contributed by atoms with E-state index in [0.29, 0.717) is 6.54 Å². The highest BCUT2D eigenvalue weighted by atomic mass is 16.4. The number of aliphatic carboxylic acids is 1. The molecular weight excluding hydrogens is 190 g/mol. The van der Waals surface area contributed by atoms with Crippen LogP contribution in [0.25, 0.3) is 0 Å². The van der Waals surface area contributed by atoms with Gasteiger partial charge in [0.25, 0.3) is 0 Å². The zero-order chi connectivity index (χ0) is 11.5. The number of hydrogen-bond donors (Lipinski definition) is 1. The zero-order valence-corrected chi connectivity index (χ0v) is 9.32. The Morgan fingerprint density at radius 1 is 1.20 bits per heavy atom. The van der Waals surface area contributed by atoms with E-state index in [9.17, 15) is 4.79 Å². The lowest BCUT2D eigenvalue weighted by Crippen LogP contribution is -2.30. The lowest BCUT2D eigenvalue weighted by atomic mass is 10.2.